The zero-order chi connectivity index (χ0) is 13.8. The Labute approximate surface area is 127 Å². The number of halogens is 1. The fourth-order valence-electron chi connectivity index (χ4n) is 2.09. The molecule has 0 fully saturated rings. The van der Waals surface area contributed by atoms with Gasteiger partial charge in [0.05, 0.1) is 12.4 Å². The van der Waals surface area contributed by atoms with Crippen LogP contribution < -0.4 is 4.74 Å². The summed E-state index contributed by atoms with van der Waals surface area (Å²) in [6, 6.07) is 4.10. The van der Waals surface area contributed by atoms with Crippen molar-refractivity contribution in [1.82, 2.24) is 0 Å². The van der Waals surface area contributed by atoms with Crippen molar-refractivity contribution in [3.63, 3.8) is 0 Å². The number of thioether (sulfide) groups is 1. The number of Topliss-reactive ketones (excluding diaryl/α,β-unsaturated/α-hetero) is 1. The van der Waals surface area contributed by atoms with Gasteiger partial charge in [-0.05, 0) is 24.1 Å². The summed E-state index contributed by atoms with van der Waals surface area (Å²) in [5, 5.41) is 0.549. The molecule has 0 aliphatic carbocycles. The molecule has 4 heteroatoms. The van der Waals surface area contributed by atoms with Gasteiger partial charge >= 0.3 is 0 Å². The lowest BCUT2D eigenvalue weighted by molar-refractivity contribution is -0.116. The van der Waals surface area contributed by atoms with Gasteiger partial charge in [-0.2, -0.15) is 11.8 Å². The van der Waals surface area contributed by atoms with Gasteiger partial charge in [-0.15, -0.1) is 0 Å². The summed E-state index contributed by atoms with van der Waals surface area (Å²) < 4.78 is 6.69. The second-order valence-corrected chi connectivity index (χ2v) is 7.24. The molecule has 0 N–H and O–H groups in total. The summed E-state index contributed by atoms with van der Waals surface area (Å²) in [5.74, 6) is 1.81. The molecule has 1 heterocycles. The van der Waals surface area contributed by atoms with E-state index >= 15 is 0 Å². The van der Waals surface area contributed by atoms with Gasteiger partial charge in [-0.25, -0.2) is 0 Å². The van der Waals surface area contributed by atoms with Crippen molar-refractivity contribution in [2.24, 2.45) is 0 Å². The van der Waals surface area contributed by atoms with Gasteiger partial charge in [0.2, 0.25) is 0 Å². The Morgan fingerprint density at radius 1 is 1.53 bits per heavy atom. The number of hydrogen-bond acceptors (Lipinski definition) is 3. The minimum Gasteiger partial charge on any atom is -0.493 e. The highest BCUT2D eigenvalue weighted by Gasteiger charge is 2.19. The van der Waals surface area contributed by atoms with Crippen LogP contribution in [0.25, 0.3) is 0 Å². The van der Waals surface area contributed by atoms with E-state index in [1.807, 2.05) is 6.07 Å². The Balaban J connectivity index is 2.01. The van der Waals surface area contributed by atoms with Gasteiger partial charge in [-0.3, -0.25) is 4.79 Å². The Morgan fingerprint density at radius 3 is 3.05 bits per heavy atom. The number of fused-ring (bicyclic) bond motifs is 1. The van der Waals surface area contributed by atoms with E-state index in [1.54, 1.807) is 11.8 Å². The van der Waals surface area contributed by atoms with E-state index in [-0.39, 0.29) is 5.78 Å². The first kappa shape index (κ1) is 14.9. The number of benzene rings is 1. The number of hydrogen-bond donors (Lipinski definition) is 0. The van der Waals surface area contributed by atoms with Crippen LogP contribution in [0.1, 0.15) is 31.4 Å². The lowest BCUT2D eigenvalue weighted by atomic mass is 10.0. The molecule has 1 aliphatic rings. The third kappa shape index (κ3) is 3.99. The highest BCUT2D eigenvalue weighted by atomic mass is 79.9. The molecule has 0 amide bonds. The molecular weight excluding hydrogens is 324 g/mol. The first-order valence-electron chi connectivity index (χ1n) is 6.67. The molecule has 0 radical (unpaired) electrons. The van der Waals surface area contributed by atoms with Gasteiger partial charge in [-0.1, -0.05) is 29.8 Å². The van der Waals surface area contributed by atoms with Crippen molar-refractivity contribution < 1.29 is 9.53 Å². The molecule has 1 aromatic rings. The van der Waals surface area contributed by atoms with Gasteiger partial charge in [0.1, 0.15) is 11.5 Å². The molecule has 1 aromatic carbocycles. The zero-order valence-electron chi connectivity index (χ0n) is 11.4. The van der Waals surface area contributed by atoms with E-state index in [9.17, 15) is 4.79 Å². The first-order valence-corrected chi connectivity index (χ1v) is 8.51. The predicted octanol–water partition coefficient (Wildman–Crippen LogP) is 4.03. The third-order valence-electron chi connectivity index (χ3n) is 3.32. The van der Waals surface area contributed by atoms with Crippen LogP contribution in [0.4, 0.5) is 0 Å². The Morgan fingerprint density at radius 2 is 2.32 bits per heavy atom. The van der Waals surface area contributed by atoms with E-state index < -0.39 is 0 Å². The first-order chi connectivity index (χ1) is 9.10. The maximum absolute atomic E-state index is 12.1. The molecule has 1 atom stereocenters. The Bertz CT molecular complexity index is 473. The molecule has 0 saturated carbocycles. The summed E-state index contributed by atoms with van der Waals surface area (Å²) in [5.41, 5.74) is 2.24. The maximum Gasteiger partial charge on any atom is 0.147 e. The van der Waals surface area contributed by atoms with Crippen LogP contribution in [0, 0.1) is 0 Å². The zero-order valence-corrected chi connectivity index (χ0v) is 13.8. The average molecular weight is 343 g/mol. The lowest BCUT2D eigenvalue weighted by Crippen LogP contribution is -2.09. The summed E-state index contributed by atoms with van der Waals surface area (Å²) >= 11 is 5.25. The minimum atomic E-state index is 0.279. The summed E-state index contributed by atoms with van der Waals surface area (Å²) in [7, 11) is 0. The molecule has 0 aromatic heterocycles. The van der Waals surface area contributed by atoms with Crippen LogP contribution in [0.5, 0.6) is 5.75 Å². The van der Waals surface area contributed by atoms with E-state index in [0.29, 0.717) is 17.4 Å². The number of carbonyl (C=O) groups is 1. The summed E-state index contributed by atoms with van der Waals surface area (Å²) in [6.07, 6.45) is 2.52. The second kappa shape index (κ2) is 6.80. The highest BCUT2D eigenvalue weighted by Crippen LogP contribution is 2.33. The molecule has 19 heavy (non-hydrogen) atoms. The molecule has 1 aliphatic heterocycles. The molecular formula is C15H19BrO2S. The molecule has 2 nitrogen and oxygen atoms in total. The highest BCUT2D eigenvalue weighted by molar-refractivity contribution is 9.10. The van der Waals surface area contributed by atoms with E-state index in [4.69, 9.17) is 4.74 Å². The van der Waals surface area contributed by atoms with Crippen LogP contribution in [0.3, 0.4) is 0 Å². The Hall–Kier alpha value is -0.480. The van der Waals surface area contributed by atoms with Crippen molar-refractivity contribution in [2.45, 2.75) is 38.4 Å². The van der Waals surface area contributed by atoms with Gasteiger partial charge in [0.25, 0.3) is 0 Å². The topological polar surface area (TPSA) is 26.3 Å². The van der Waals surface area contributed by atoms with Crippen LogP contribution >= 0.6 is 27.7 Å². The van der Waals surface area contributed by atoms with Crippen LogP contribution in [0.15, 0.2) is 16.6 Å². The van der Waals surface area contributed by atoms with E-state index in [0.717, 1.165) is 35.2 Å². The van der Waals surface area contributed by atoms with E-state index in [1.165, 1.54) is 5.56 Å². The fraction of sp³-hybridized carbons (Fsp3) is 0.533. The average Bonchev–Trinajstić information content (AvgIpc) is 2.84. The fourth-order valence-corrected chi connectivity index (χ4v) is 3.45. The SMILES string of the molecule is CCC(C)SCC(=O)Cc1cc(Br)cc2c1OCC2. The summed E-state index contributed by atoms with van der Waals surface area (Å²) in [6.45, 7) is 5.05. The largest absolute Gasteiger partial charge is 0.493 e. The van der Waals surface area contributed by atoms with Crippen molar-refractivity contribution in [3.05, 3.63) is 27.7 Å². The van der Waals surface area contributed by atoms with Gasteiger partial charge in [0, 0.05) is 28.1 Å². The molecule has 104 valence electrons. The predicted molar refractivity (Wildman–Crippen MR) is 84.3 cm³/mol. The van der Waals surface area contributed by atoms with Gasteiger partial charge < -0.3 is 4.74 Å². The maximum atomic E-state index is 12.1. The number of carbonyl (C=O) groups excluding carboxylic acids is 1. The number of ether oxygens (including phenoxy) is 1. The molecule has 1 unspecified atom stereocenters. The monoisotopic (exact) mass is 342 g/mol. The van der Waals surface area contributed by atoms with Crippen LogP contribution in [-0.4, -0.2) is 23.4 Å². The minimum absolute atomic E-state index is 0.279. The molecule has 0 saturated heterocycles. The molecule has 2 rings (SSSR count). The number of ketones is 1. The normalized spacial score (nSPS) is 14.9. The van der Waals surface area contributed by atoms with Crippen molar-refractivity contribution in [1.29, 1.82) is 0 Å². The van der Waals surface area contributed by atoms with Crippen molar-refractivity contribution in [2.75, 3.05) is 12.4 Å². The second-order valence-electron chi connectivity index (χ2n) is 4.90. The smallest absolute Gasteiger partial charge is 0.147 e. The van der Waals surface area contributed by atoms with Gasteiger partial charge in [0.15, 0.2) is 0 Å². The third-order valence-corrected chi connectivity index (χ3v) is 5.17. The van der Waals surface area contributed by atoms with Crippen LogP contribution in [0.2, 0.25) is 0 Å². The standard InChI is InChI=1S/C15H19BrO2S/c1-3-10(2)19-9-14(17)8-12-7-13(16)6-11-4-5-18-15(11)12/h6-7,10H,3-5,8-9H2,1-2H3. The van der Waals surface area contributed by atoms with E-state index in [2.05, 4.69) is 35.8 Å². The number of rotatable bonds is 6. The van der Waals surface area contributed by atoms with Crippen LogP contribution in [-0.2, 0) is 17.6 Å². The molecule has 0 spiro atoms. The quantitative estimate of drug-likeness (QED) is 0.780. The molecule has 0 bridgehead atoms. The van der Waals surface area contributed by atoms with Crippen molar-refractivity contribution in [3.8, 4) is 5.75 Å². The Kier molecular flexibility index (Phi) is 5.34. The lowest BCUT2D eigenvalue weighted by Gasteiger charge is -2.10. The van der Waals surface area contributed by atoms with Crippen molar-refractivity contribution >= 4 is 33.5 Å². The summed E-state index contributed by atoms with van der Waals surface area (Å²) in [4.78, 5) is 12.1.